The molecule has 0 aliphatic rings. The third-order valence-corrected chi connectivity index (χ3v) is 4.31. The second-order valence-electron chi connectivity index (χ2n) is 6.97. The first kappa shape index (κ1) is 24.1. The van der Waals surface area contributed by atoms with E-state index in [1.807, 2.05) is 0 Å². The Balaban J connectivity index is 2.04. The zero-order valence-corrected chi connectivity index (χ0v) is 17.1. The molecular weight excluding hydrogens is 456 g/mol. The van der Waals surface area contributed by atoms with Gasteiger partial charge in [0.1, 0.15) is 11.4 Å². The first-order valence-corrected chi connectivity index (χ1v) is 9.37. The summed E-state index contributed by atoms with van der Waals surface area (Å²) in [4.78, 5) is 19.1. The summed E-state index contributed by atoms with van der Waals surface area (Å²) < 4.78 is 78.1. The summed E-state index contributed by atoms with van der Waals surface area (Å²) in [6.07, 6.45) is -8.48. The summed E-state index contributed by atoms with van der Waals surface area (Å²) >= 11 is 0. The van der Waals surface area contributed by atoms with Crippen LogP contribution < -0.4 is 10.6 Å². The first-order chi connectivity index (χ1) is 15.3. The van der Waals surface area contributed by atoms with Gasteiger partial charge >= 0.3 is 12.4 Å². The van der Waals surface area contributed by atoms with Crippen molar-refractivity contribution < 1.29 is 31.4 Å². The van der Waals surface area contributed by atoms with E-state index < -0.39 is 35.8 Å². The molecule has 0 radical (unpaired) electrons. The number of aliphatic hydroxyl groups is 1. The number of hydrogen-bond acceptors (Lipinski definition) is 8. The SMILES string of the molecule is CC(O)C(C)Nc1nc(Nc2cncc(C(F)(F)F)c2)nc(-c2cccc(C(F)(F)F)n2)n1. The van der Waals surface area contributed by atoms with Crippen LogP contribution >= 0.6 is 0 Å². The largest absolute Gasteiger partial charge is 0.433 e. The minimum Gasteiger partial charge on any atom is -0.391 e. The molecule has 3 aromatic heterocycles. The predicted molar refractivity (Wildman–Crippen MR) is 105 cm³/mol. The molecule has 3 N–H and O–H groups in total. The van der Waals surface area contributed by atoms with E-state index in [0.717, 1.165) is 24.4 Å². The van der Waals surface area contributed by atoms with Crippen molar-refractivity contribution in [2.45, 2.75) is 38.3 Å². The van der Waals surface area contributed by atoms with E-state index in [-0.39, 0.29) is 29.1 Å². The van der Waals surface area contributed by atoms with Crippen LogP contribution in [0.25, 0.3) is 11.5 Å². The minimum absolute atomic E-state index is 0.117. The number of aliphatic hydroxyl groups excluding tert-OH is 1. The molecule has 0 aliphatic carbocycles. The van der Waals surface area contributed by atoms with Crippen molar-refractivity contribution in [1.82, 2.24) is 24.9 Å². The molecule has 0 amide bonds. The molecule has 0 saturated heterocycles. The highest BCUT2D eigenvalue weighted by molar-refractivity contribution is 5.59. The summed E-state index contributed by atoms with van der Waals surface area (Å²) in [5.74, 6) is -0.700. The molecule has 2 unspecified atom stereocenters. The van der Waals surface area contributed by atoms with E-state index in [1.54, 1.807) is 6.92 Å². The van der Waals surface area contributed by atoms with Crippen LogP contribution in [0, 0.1) is 0 Å². The van der Waals surface area contributed by atoms with E-state index in [9.17, 15) is 31.4 Å². The number of aromatic nitrogens is 5. The molecule has 2 atom stereocenters. The van der Waals surface area contributed by atoms with Gasteiger partial charge in [-0.3, -0.25) is 4.98 Å². The highest BCUT2D eigenvalue weighted by Gasteiger charge is 2.33. The van der Waals surface area contributed by atoms with E-state index in [0.29, 0.717) is 6.20 Å². The Morgan fingerprint density at radius 2 is 1.58 bits per heavy atom. The highest BCUT2D eigenvalue weighted by atomic mass is 19.4. The van der Waals surface area contributed by atoms with Crippen LogP contribution in [-0.2, 0) is 12.4 Å². The molecule has 0 spiro atoms. The molecule has 14 heteroatoms. The van der Waals surface area contributed by atoms with Crippen LogP contribution in [0.15, 0.2) is 36.7 Å². The van der Waals surface area contributed by atoms with Gasteiger partial charge in [0.25, 0.3) is 0 Å². The van der Waals surface area contributed by atoms with E-state index in [1.165, 1.54) is 13.0 Å². The van der Waals surface area contributed by atoms with Gasteiger partial charge in [-0.15, -0.1) is 0 Å². The van der Waals surface area contributed by atoms with Gasteiger partial charge in [0.15, 0.2) is 5.82 Å². The first-order valence-electron chi connectivity index (χ1n) is 9.37. The van der Waals surface area contributed by atoms with Crippen molar-refractivity contribution in [3.8, 4) is 11.5 Å². The molecule has 0 saturated carbocycles. The number of pyridine rings is 2. The van der Waals surface area contributed by atoms with Gasteiger partial charge < -0.3 is 15.7 Å². The quantitative estimate of drug-likeness (QED) is 0.455. The maximum atomic E-state index is 13.1. The zero-order chi connectivity index (χ0) is 24.4. The molecule has 0 bridgehead atoms. The monoisotopic (exact) mass is 473 g/mol. The lowest BCUT2D eigenvalue weighted by atomic mass is 10.2. The van der Waals surface area contributed by atoms with Crippen LogP contribution in [0.4, 0.5) is 43.9 Å². The summed E-state index contributed by atoms with van der Waals surface area (Å²) in [5, 5.41) is 15.0. The van der Waals surface area contributed by atoms with Crippen LogP contribution in [0.5, 0.6) is 0 Å². The number of anilines is 3. The highest BCUT2D eigenvalue weighted by Crippen LogP contribution is 2.31. The molecule has 0 fully saturated rings. The van der Waals surface area contributed by atoms with Gasteiger partial charge in [-0.05, 0) is 32.0 Å². The Bertz CT molecular complexity index is 1120. The molecule has 33 heavy (non-hydrogen) atoms. The third-order valence-electron chi connectivity index (χ3n) is 4.31. The lowest BCUT2D eigenvalue weighted by molar-refractivity contribution is -0.141. The van der Waals surface area contributed by atoms with E-state index in [4.69, 9.17) is 0 Å². The Morgan fingerprint density at radius 1 is 0.879 bits per heavy atom. The van der Waals surface area contributed by atoms with Crippen molar-refractivity contribution in [1.29, 1.82) is 0 Å². The van der Waals surface area contributed by atoms with E-state index >= 15 is 0 Å². The Labute approximate surface area is 183 Å². The average Bonchev–Trinajstić information content (AvgIpc) is 2.72. The normalized spacial score (nSPS) is 14.0. The van der Waals surface area contributed by atoms with Gasteiger partial charge in [-0.2, -0.15) is 41.3 Å². The number of rotatable bonds is 6. The molecule has 3 aromatic rings. The number of nitrogens with one attached hydrogen (secondary N) is 2. The second kappa shape index (κ2) is 9.13. The maximum Gasteiger partial charge on any atom is 0.433 e. The fraction of sp³-hybridized carbons (Fsp3) is 0.316. The van der Waals surface area contributed by atoms with Gasteiger partial charge in [0.2, 0.25) is 11.9 Å². The Hall–Kier alpha value is -3.55. The summed E-state index contributed by atoms with van der Waals surface area (Å²) in [6.45, 7) is 3.09. The van der Waals surface area contributed by atoms with Crippen molar-refractivity contribution >= 4 is 17.6 Å². The standard InChI is InChI=1S/C19H17F6N7O/c1-9(10(2)33)27-16-30-15(13-4-3-5-14(29-13)19(23,24)25)31-17(32-16)28-12-6-11(7-26-8-12)18(20,21)22/h3-10,33H,1-2H3,(H2,27,28,30,31,32). The fourth-order valence-corrected chi connectivity index (χ4v) is 2.44. The number of halogens is 6. The van der Waals surface area contributed by atoms with Gasteiger partial charge in [-0.1, -0.05) is 6.07 Å². The fourth-order valence-electron chi connectivity index (χ4n) is 2.44. The number of alkyl halides is 6. The third kappa shape index (κ3) is 6.25. The molecule has 0 aliphatic heterocycles. The average molecular weight is 473 g/mol. The van der Waals surface area contributed by atoms with Gasteiger partial charge in [0.05, 0.1) is 29.6 Å². The van der Waals surface area contributed by atoms with Crippen molar-refractivity contribution in [3.63, 3.8) is 0 Å². The van der Waals surface area contributed by atoms with E-state index in [2.05, 4.69) is 35.6 Å². The molecule has 8 nitrogen and oxygen atoms in total. The molecule has 0 aromatic carbocycles. The van der Waals surface area contributed by atoms with Gasteiger partial charge in [-0.25, -0.2) is 4.98 Å². The smallest absolute Gasteiger partial charge is 0.391 e. The molecule has 3 heterocycles. The number of nitrogens with zero attached hydrogens (tertiary/aromatic N) is 5. The Morgan fingerprint density at radius 3 is 2.21 bits per heavy atom. The maximum absolute atomic E-state index is 13.1. The predicted octanol–water partition coefficient (Wildman–Crippen LogP) is 4.29. The topological polar surface area (TPSA) is 109 Å². The van der Waals surface area contributed by atoms with Crippen LogP contribution in [0.3, 0.4) is 0 Å². The van der Waals surface area contributed by atoms with Crippen molar-refractivity contribution in [2.24, 2.45) is 0 Å². The lowest BCUT2D eigenvalue weighted by Gasteiger charge is -2.17. The van der Waals surface area contributed by atoms with Crippen LogP contribution in [-0.4, -0.2) is 42.2 Å². The molecule has 3 rings (SSSR count). The lowest BCUT2D eigenvalue weighted by Crippen LogP contribution is -2.29. The number of hydrogen-bond donors (Lipinski definition) is 3. The van der Waals surface area contributed by atoms with Crippen LogP contribution in [0.1, 0.15) is 25.1 Å². The van der Waals surface area contributed by atoms with Gasteiger partial charge in [0, 0.05) is 6.20 Å². The Kier molecular flexibility index (Phi) is 6.67. The summed E-state index contributed by atoms with van der Waals surface area (Å²) in [7, 11) is 0. The van der Waals surface area contributed by atoms with Crippen molar-refractivity contribution in [2.75, 3.05) is 10.6 Å². The zero-order valence-electron chi connectivity index (χ0n) is 17.1. The van der Waals surface area contributed by atoms with Crippen LogP contribution in [0.2, 0.25) is 0 Å². The summed E-state index contributed by atoms with van der Waals surface area (Å²) in [6, 6.07) is 3.32. The van der Waals surface area contributed by atoms with Crippen molar-refractivity contribution in [3.05, 3.63) is 47.9 Å². The minimum atomic E-state index is -4.71. The second-order valence-corrected chi connectivity index (χ2v) is 6.97. The molecular formula is C19H17F6N7O. The summed E-state index contributed by atoms with van der Waals surface area (Å²) in [5.41, 5.74) is -2.56. The molecule has 176 valence electrons.